The van der Waals surface area contributed by atoms with E-state index < -0.39 is 0 Å². The van der Waals surface area contributed by atoms with E-state index in [1.54, 1.807) is 0 Å². The number of aromatic nitrogens is 4. The van der Waals surface area contributed by atoms with Crippen molar-refractivity contribution in [3.63, 3.8) is 0 Å². The first-order valence-electron chi connectivity index (χ1n) is 9.76. The molecule has 2 N–H and O–H groups in total. The van der Waals surface area contributed by atoms with Crippen molar-refractivity contribution >= 4 is 22.7 Å². The molecule has 0 atom stereocenters. The van der Waals surface area contributed by atoms with E-state index in [4.69, 9.17) is 9.72 Å². The van der Waals surface area contributed by atoms with Crippen LogP contribution >= 0.6 is 0 Å². The van der Waals surface area contributed by atoms with E-state index in [0.29, 0.717) is 6.04 Å². The van der Waals surface area contributed by atoms with Crippen LogP contribution in [0.25, 0.3) is 22.3 Å². The molecule has 2 saturated heterocycles. The number of rotatable bonds is 4. The molecule has 0 spiro atoms. The van der Waals surface area contributed by atoms with E-state index in [0.717, 1.165) is 73.2 Å². The third kappa shape index (κ3) is 3.47. The lowest BCUT2D eigenvalue weighted by Gasteiger charge is -2.23. The van der Waals surface area contributed by atoms with Gasteiger partial charge in [-0.25, -0.2) is 15.0 Å². The van der Waals surface area contributed by atoms with Gasteiger partial charge in [-0.3, -0.25) is 0 Å². The first kappa shape index (κ1) is 16.5. The van der Waals surface area contributed by atoms with Gasteiger partial charge in [0.25, 0.3) is 0 Å². The molecule has 0 amide bonds. The summed E-state index contributed by atoms with van der Waals surface area (Å²) in [6.45, 7) is 3.72. The third-order valence-corrected chi connectivity index (χ3v) is 5.38. The Kier molecular flexibility index (Phi) is 4.37. The molecule has 0 saturated carbocycles. The topological polar surface area (TPSA) is 79.0 Å². The Bertz CT molecular complexity index is 927. The van der Waals surface area contributed by atoms with Crippen LogP contribution < -0.4 is 10.2 Å². The number of H-pyrrole nitrogens is 1. The Morgan fingerprint density at radius 3 is 2.81 bits per heavy atom. The van der Waals surface area contributed by atoms with Gasteiger partial charge in [0.05, 0.1) is 16.9 Å². The SMILES string of the molecule is c1cc(-c2cc3cnc(NC4CCOCC4)cc3[nH]2)nc(N2CCCC2)n1. The predicted octanol–water partition coefficient (Wildman–Crippen LogP) is 3.21. The van der Waals surface area contributed by atoms with Crippen LogP contribution in [0, 0.1) is 0 Å². The molecule has 140 valence electrons. The monoisotopic (exact) mass is 364 g/mol. The van der Waals surface area contributed by atoms with Crippen LogP contribution in [0.2, 0.25) is 0 Å². The number of anilines is 2. The lowest BCUT2D eigenvalue weighted by atomic mass is 10.1. The molecule has 5 rings (SSSR count). The highest BCUT2D eigenvalue weighted by atomic mass is 16.5. The summed E-state index contributed by atoms with van der Waals surface area (Å²) in [6.07, 6.45) is 8.24. The number of hydrogen-bond acceptors (Lipinski definition) is 6. The van der Waals surface area contributed by atoms with Crippen LogP contribution in [-0.4, -0.2) is 52.3 Å². The third-order valence-electron chi connectivity index (χ3n) is 5.38. The van der Waals surface area contributed by atoms with Crippen LogP contribution in [0.5, 0.6) is 0 Å². The predicted molar refractivity (Wildman–Crippen MR) is 106 cm³/mol. The summed E-state index contributed by atoms with van der Waals surface area (Å²) in [6, 6.07) is 6.58. The average molecular weight is 364 g/mol. The zero-order valence-corrected chi connectivity index (χ0v) is 15.3. The fraction of sp³-hybridized carbons (Fsp3) is 0.450. The highest BCUT2D eigenvalue weighted by Gasteiger charge is 2.17. The number of ether oxygens (including phenoxy) is 1. The molecule has 0 bridgehead atoms. The lowest BCUT2D eigenvalue weighted by molar-refractivity contribution is 0.0904. The maximum Gasteiger partial charge on any atom is 0.225 e. The maximum atomic E-state index is 5.42. The van der Waals surface area contributed by atoms with Crippen LogP contribution in [0.4, 0.5) is 11.8 Å². The molecule has 2 fully saturated rings. The second-order valence-corrected chi connectivity index (χ2v) is 7.31. The van der Waals surface area contributed by atoms with Gasteiger partial charge in [-0.15, -0.1) is 0 Å². The van der Waals surface area contributed by atoms with Gasteiger partial charge in [-0.1, -0.05) is 0 Å². The molecular weight excluding hydrogens is 340 g/mol. The zero-order chi connectivity index (χ0) is 18.1. The second-order valence-electron chi connectivity index (χ2n) is 7.31. The Hall–Kier alpha value is -2.67. The van der Waals surface area contributed by atoms with E-state index in [1.165, 1.54) is 12.8 Å². The molecule has 27 heavy (non-hydrogen) atoms. The van der Waals surface area contributed by atoms with Crippen LogP contribution in [0.3, 0.4) is 0 Å². The summed E-state index contributed by atoms with van der Waals surface area (Å²) in [5, 5.41) is 4.61. The van der Waals surface area contributed by atoms with Crippen molar-refractivity contribution in [2.24, 2.45) is 0 Å². The molecule has 0 aromatic carbocycles. The number of nitrogens with zero attached hydrogens (tertiary/aromatic N) is 4. The highest BCUT2D eigenvalue weighted by molar-refractivity contribution is 5.86. The van der Waals surface area contributed by atoms with Gasteiger partial charge in [0, 0.05) is 56.2 Å². The minimum Gasteiger partial charge on any atom is -0.381 e. The summed E-state index contributed by atoms with van der Waals surface area (Å²) >= 11 is 0. The Balaban J connectivity index is 1.40. The average Bonchev–Trinajstić information content (AvgIpc) is 3.39. The standard InChI is InChI=1S/C20H24N6O/c1-2-8-26(7-1)20-21-6-3-16(25-20)18-11-14-13-22-19(12-17(14)24-18)23-15-4-9-27-10-5-15/h3,6,11-13,15,24H,1-2,4-5,7-10H2,(H,22,23). The van der Waals surface area contributed by atoms with Crippen molar-refractivity contribution in [2.45, 2.75) is 31.7 Å². The van der Waals surface area contributed by atoms with Gasteiger partial charge in [-0.05, 0) is 37.8 Å². The molecule has 3 aromatic heterocycles. The quantitative estimate of drug-likeness (QED) is 0.740. The van der Waals surface area contributed by atoms with Crippen LogP contribution in [0.1, 0.15) is 25.7 Å². The summed E-state index contributed by atoms with van der Waals surface area (Å²) in [7, 11) is 0. The molecule has 0 unspecified atom stereocenters. The summed E-state index contributed by atoms with van der Waals surface area (Å²) in [5.74, 6) is 1.73. The van der Waals surface area contributed by atoms with Gasteiger partial charge in [-0.2, -0.15) is 0 Å². The first-order chi connectivity index (χ1) is 13.3. The van der Waals surface area contributed by atoms with E-state index in [2.05, 4.69) is 37.3 Å². The molecular formula is C20H24N6O. The number of hydrogen-bond donors (Lipinski definition) is 2. The zero-order valence-electron chi connectivity index (χ0n) is 15.3. The van der Waals surface area contributed by atoms with Crippen molar-refractivity contribution in [3.8, 4) is 11.4 Å². The van der Waals surface area contributed by atoms with Gasteiger partial charge in [0.2, 0.25) is 5.95 Å². The van der Waals surface area contributed by atoms with E-state index >= 15 is 0 Å². The minimum absolute atomic E-state index is 0.433. The van der Waals surface area contributed by atoms with E-state index in [-0.39, 0.29) is 0 Å². The fourth-order valence-electron chi connectivity index (χ4n) is 3.86. The smallest absolute Gasteiger partial charge is 0.225 e. The first-order valence-corrected chi connectivity index (χ1v) is 9.76. The molecule has 7 heteroatoms. The lowest BCUT2D eigenvalue weighted by Crippen LogP contribution is -2.28. The van der Waals surface area contributed by atoms with Gasteiger partial charge < -0.3 is 19.9 Å². The summed E-state index contributed by atoms with van der Waals surface area (Å²) in [4.78, 5) is 19.5. The number of fused-ring (bicyclic) bond motifs is 1. The molecule has 7 nitrogen and oxygen atoms in total. The second kappa shape index (κ2) is 7.15. The maximum absolute atomic E-state index is 5.42. The van der Waals surface area contributed by atoms with Crippen molar-refractivity contribution in [1.82, 2.24) is 19.9 Å². The summed E-state index contributed by atoms with van der Waals surface area (Å²) in [5.41, 5.74) is 2.98. The van der Waals surface area contributed by atoms with Crippen LogP contribution in [0.15, 0.2) is 30.6 Å². The number of nitrogens with one attached hydrogen (secondary N) is 2. The molecule has 3 aromatic rings. The Labute approximate surface area is 158 Å². The van der Waals surface area contributed by atoms with Crippen molar-refractivity contribution in [2.75, 3.05) is 36.5 Å². The summed E-state index contributed by atoms with van der Waals surface area (Å²) < 4.78 is 5.42. The molecule has 2 aliphatic rings. The fourth-order valence-corrected chi connectivity index (χ4v) is 3.86. The van der Waals surface area contributed by atoms with Crippen molar-refractivity contribution in [1.29, 1.82) is 0 Å². The highest BCUT2D eigenvalue weighted by Crippen LogP contribution is 2.26. The van der Waals surface area contributed by atoms with E-state index in [9.17, 15) is 0 Å². The van der Waals surface area contributed by atoms with Crippen LogP contribution in [-0.2, 0) is 4.74 Å². The largest absolute Gasteiger partial charge is 0.381 e. The van der Waals surface area contributed by atoms with Crippen molar-refractivity contribution < 1.29 is 4.74 Å². The number of pyridine rings is 1. The van der Waals surface area contributed by atoms with E-state index in [1.807, 2.05) is 18.5 Å². The molecule has 2 aliphatic heterocycles. The Morgan fingerprint density at radius 2 is 1.96 bits per heavy atom. The normalized spacial score (nSPS) is 18.3. The van der Waals surface area contributed by atoms with Crippen molar-refractivity contribution in [3.05, 3.63) is 30.6 Å². The van der Waals surface area contributed by atoms with Gasteiger partial charge in [0.1, 0.15) is 5.82 Å². The molecule has 5 heterocycles. The Morgan fingerprint density at radius 1 is 1.11 bits per heavy atom. The van der Waals surface area contributed by atoms with Gasteiger partial charge in [0.15, 0.2) is 0 Å². The minimum atomic E-state index is 0.433. The number of aromatic amines is 1. The molecule has 0 radical (unpaired) electrons. The van der Waals surface area contributed by atoms with Gasteiger partial charge >= 0.3 is 0 Å². The molecule has 0 aliphatic carbocycles.